The van der Waals surface area contributed by atoms with Crippen LogP contribution >= 0.6 is 0 Å². The second kappa shape index (κ2) is 7.71. The van der Waals surface area contributed by atoms with Gasteiger partial charge in [0, 0.05) is 0 Å². The number of carbonyl (C=O) groups excluding carboxylic acids is 1. The van der Waals surface area contributed by atoms with E-state index in [-0.39, 0.29) is 5.91 Å². The molecular formula is C16H23NOSe. The molecule has 1 aromatic carbocycles. The second-order valence-electron chi connectivity index (χ2n) is 5.27. The Labute approximate surface area is 122 Å². The molecule has 1 fully saturated rings. The summed E-state index contributed by atoms with van der Waals surface area (Å²) >= 11 is 0.464. The van der Waals surface area contributed by atoms with Crippen LogP contribution in [0.15, 0.2) is 30.3 Å². The zero-order valence-corrected chi connectivity index (χ0v) is 13.3. The average molecular weight is 324 g/mol. The fourth-order valence-corrected chi connectivity index (χ4v) is 5.45. The molecule has 0 saturated heterocycles. The Balaban J connectivity index is 2.04. The maximum absolute atomic E-state index is 11.4. The Kier molecular flexibility index (Phi) is 5.93. The van der Waals surface area contributed by atoms with E-state index in [0.717, 1.165) is 6.42 Å². The second-order valence-corrected chi connectivity index (χ2v) is 8.02. The Hall–Kier alpha value is -0.791. The molecular weight excluding hydrogens is 301 g/mol. The van der Waals surface area contributed by atoms with Gasteiger partial charge in [0.05, 0.1) is 0 Å². The van der Waals surface area contributed by atoms with Gasteiger partial charge in [-0.25, -0.2) is 0 Å². The first-order valence-corrected chi connectivity index (χ1v) is 9.09. The van der Waals surface area contributed by atoms with Crippen LogP contribution in [0.3, 0.4) is 0 Å². The number of nitrogens with one attached hydrogen (secondary N) is 1. The molecule has 3 heteroatoms. The summed E-state index contributed by atoms with van der Waals surface area (Å²) in [7, 11) is 0. The summed E-state index contributed by atoms with van der Waals surface area (Å²) < 4.78 is 1.45. The summed E-state index contributed by atoms with van der Waals surface area (Å²) in [6.45, 7) is 1.64. The van der Waals surface area contributed by atoms with Crippen LogP contribution in [0, 0.1) is 0 Å². The van der Waals surface area contributed by atoms with Gasteiger partial charge in [0.15, 0.2) is 0 Å². The van der Waals surface area contributed by atoms with E-state index in [2.05, 4.69) is 35.6 Å². The molecule has 104 valence electrons. The Morgan fingerprint density at radius 1 is 1.11 bits per heavy atom. The van der Waals surface area contributed by atoms with Crippen molar-refractivity contribution in [2.24, 2.45) is 0 Å². The normalized spacial score (nSPS) is 24.3. The topological polar surface area (TPSA) is 29.1 Å². The summed E-state index contributed by atoms with van der Waals surface area (Å²) in [5.41, 5.74) is 0. The van der Waals surface area contributed by atoms with Gasteiger partial charge in [-0.3, -0.25) is 0 Å². The molecule has 1 aliphatic rings. The Morgan fingerprint density at radius 3 is 2.47 bits per heavy atom. The molecule has 0 bridgehead atoms. The number of benzene rings is 1. The van der Waals surface area contributed by atoms with Crippen molar-refractivity contribution in [3.8, 4) is 0 Å². The van der Waals surface area contributed by atoms with E-state index in [1.54, 1.807) is 6.92 Å². The Bertz CT molecular complexity index is 393. The van der Waals surface area contributed by atoms with Gasteiger partial charge >= 0.3 is 122 Å². The number of hydrogen-bond acceptors (Lipinski definition) is 1. The predicted octanol–water partition coefficient (Wildman–Crippen LogP) is 2.66. The standard InChI is InChI=1S/C16H23NOSe/c1-13(18)17-15-11-7-2-3-8-12-16(15)19-14-9-5-4-6-10-14/h4-6,9-10,15-16H,2-3,7-8,11-12H2,1H3,(H,17,18)/t15-,16-/m0/s1. The van der Waals surface area contributed by atoms with Gasteiger partial charge in [0.1, 0.15) is 0 Å². The van der Waals surface area contributed by atoms with Crippen molar-refractivity contribution in [3.05, 3.63) is 30.3 Å². The third-order valence-electron chi connectivity index (χ3n) is 3.62. The summed E-state index contributed by atoms with van der Waals surface area (Å²) in [5.74, 6) is 0.124. The number of amides is 1. The van der Waals surface area contributed by atoms with Gasteiger partial charge in [-0.2, -0.15) is 0 Å². The van der Waals surface area contributed by atoms with Crippen LogP contribution in [-0.4, -0.2) is 26.9 Å². The third kappa shape index (κ3) is 5.00. The van der Waals surface area contributed by atoms with Crippen LogP contribution in [-0.2, 0) is 4.79 Å². The predicted molar refractivity (Wildman–Crippen MR) is 80.9 cm³/mol. The SMILES string of the molecule is CC(=O)N[C@H]1CCCCCC[C@@H]1[Se]c1ccccc1. The van der Waals surface area contributed by atoms with Gasteiger partial charge in [-0.05, 0) is 0 Å². The van der Waals surface area contributed by atoms with E-state index in [9.17, 15) is 4.79 Å². The summed E-state index contributed by atoms with van der Waals surface area (Å²) in [6, 6.07) is 11.1. The number of hydrogen-bond donors (Lipinski definition) is 1. The van der Waals surface area contributed by atoms with Crippen LogP contribution < -0.4 is 9.78 Å². The molecule has 0 aliphatic heterocycles. The summed E-state index contributed by atoms with van der Waals surface area (Å²) in [5, 5.41) is 3.20. The molecule has 0 unspecified atom stereocenters. The van der Waals surface area contributed by atoms with E-state index < -0.39 is 0 Å². The van der Waals surface area contributed by atoms with Gasteiger partial charge in [-0.1, -0.05) is 0 Å². The molecule has 1 aromatic rings. The molecule has 0 spiro atoms. The van der Waals surface area contributed by atoms with E-state index in [1.165, 1.54) is 36.6 Å². The quantitative estimate of drug-likeness (QED) is 0.851. The fraction of sp³-hybridized carbons (Fsp3) is 0.562. The number of carbonyl (C=O) groups is 1. The van der Waals surface area contributed by atoms with Crippen LogP contribution in [0.25, 0.3) is 0 Å². The Morgan fingerprint density at radius 2 is 1.79 bits per heavy atom. The van der Waals surface area contributed by atoms with Crippen molar-refractivity contribution in [1.82, 2.24) is 5.32 Å². The monoisotopic (exact) mass is 325 g/mol. The average Bonchev–Trinajstić information content (AvgIpc) is 2.38. The molecule has 0 heterocycles. The summed E-state index contributed by atoms with van der Waals surface area (Å²) in [6.07, 6.45) is 7.66. The maximum atomic E-state index is 11.4. The molecule has 1 N–H and O–H groups in total. The molecule has 1 amide bonds. The summed E-state index contributed by atoms with van der Waals surface area (Å²) in [4.78, 5) is 12.1. The minimum absolute atomic E-state index is 0.124. The third-order valence-corrected chi connectivity index (χ3v) is 6.58. The van der Waals surface area contributed by atoms with Crippen molar-refractivity contribution in [1.29, 1.82) is 0 Å². The first kappa shape index (κ1) is 14.6. The molecule has 2 rings (SSSR count). The first-order chi connectivity index (χ1) is 9.25. The van der Waals surface area contributed by atoms with E-state index in [0.29, 0.717) is 25.8 Å². The molecule has 0 aromatic heterocycles. The van der Waals surface area contributed by atoms with Crippen LogP contribution in [0.2, 0.25) is 4.82 Å². The molecule has 1 saturated carbocycles. The zero-order chi connectivity index (χ0) is 13.5. The van der Waals surface area contributed by atoms with Crippen molar-refractivity contribution in [2.45, 2.75) is 56.3 Å². The van der Waals surface area contributed by atoms with Crippen LogP contribution in [0.4, 0.5) is 0 Å². The van der Waals surface area contributed by atoms with Gasteiger partial charge in [0.25, 0.3) is 0 Å². The van der Waals surface area contributed by atoms with Crippen molar-refractivity contribution >= 4 is 25.3 Å². The molecule has 19 heavy (non-hydrogen) atoms. The molecule has 1 aliphatic carbocycles. The van der Waals surface area contributed by atoms with Gasteiger partial charge < -0.3 is 0 Å². The minimum atomic E-state index is 0.124. The van der Waals surface area contributed by atoms with Crippen LogP contribution in [0.1, 0.15) is 45.4 Å². The van der Waals surface area contributed by atoms with Gasteiger partial charge in [-0.15, -0.1) is 0 Å². The van der Waals surface area contributed by atoms with Crippen molar-refractivity contribution in [2.75, 3.05) is 0 Å². The van der Waals surface area contributed by atoms with E-state index in [4.69, 9.17) is 0 Å². The fourth-order valence-electron chi connectivity index (χ4n) is 2.69. The molecule has 0 radical (unpaired) electrons. The van der Waals surface area contributed by atoms with Crippen molar-refractivity contribution < 1.29 is 4.79 Å². The van der Waals surface area contributed by atoms with E-state index in [1.807, 2.05) is 0 Å². The van der Waals surface area contributed by atoms with Crippen molar-refractivity contribution in [3.63, 3.8) is 0 Å². The molecule has 2 atom stereocenters. The molecule has 2 nitrogen and oxygen atoms in total. The first-order valence-electron chi connectivity index (χ1n) is 7.24. The zero-order valence-electron chi connectivity index (χ0n) is 11.6. The van der Waals surface area contributed by atoms with E-state index >= 15 is 0 Å². The van der Waals surface area contributed by atoms with Gasteiger partial charge in [0.2, 0.25) is 0 Å². The van der Waals surface area contributed by atoms with Crippen LogP contribution in [0.5, 0.6) is 0 Å². The number of rotatable bonds is 3.